The number of hydrogen-bond acceptors (Lipinski definition) is 2. The van der Waals surface area contributed by atoms with Crippen LogP contribution in [-0.2, 0) is 9.59 Å². The third-order valence-corrected chi connectivity index (χ3v) is 4.64. The maximum Gasteiger partial charge on any atom is 0.253 e. The molecule has 1 saturated heterocycles. The fourth-order valence-electron chi connectivity index (χ4n) is 2.79. The summed E-state index contributed by atoms with van der Waals surface area (Å²) in [6.07, 6.45) is 1.70. The van der Waals surface area contributed by atoms with E-state index >= 15 is 0 Å². The molecular formula is C14H13BrF2N2O2. The molecular weight excluding hydrogens is 346 g/mol. The molecule has 0 bridgehead atoms. The molecule has 2 fully saturated rings. The van der Waals surface area contributed by atoms with Crippen LogP contribution < -0.4 is 10.2 Å². The Hall–Kier alpha value is -1.50. The molecule has 1 aliphatic carbocycles. The molecule has 1 atom stereocenters. The zero-order valence-electron chi connectivity index (χ0n) is 11.3. The van der Waals surface area contributed by atoms with Gasteiger partial charge >= 0.3 is 0 Å². The molecule has 0 aromatic heterocycles. The van der Waals surface area contributed by atoms with E-state index in [1.54, 1.807) is 6.92 Å². The molecule has 0 radical (unpaired) electrons. The minimum absolute atomic E-state index is 0.0686. The Morgan fingerprint density at radius 1 is 1.33 bits per heavy atom. The van der Waals surface area contributed by atoms with Gasteiger partial charge in [-0.2, -0.15) is 0 Å². The van der Waals surface area contributed by atoms with E-state index in [9.17, 15) is 18.4 Å². The molecule has 1 aromatic rings. The molecule has 112 valence electrons. The van der Waals surface area contributed by atoms with Crippen molar-refractivity contribution in [1.82, 2.24) is 5.32 Å². The maximum atomic E-state index is 14.1. The van der Waals surface area contributed by atoms with Crippen LogP contribution in [0, 0.1) is 17.6 Å². The first-order chi connectivity index (χ1) is 9.83. The number of piperazine rings is 1. The molecule has 21 heavy (non-hydrogen) atoms. The number of rotatable bonds is 2. The fraction of sp³-hybridized carbons (Fsp3) is 0.429. The second kappa shape index (κ2) is 4.76. The molecule has 1 unspecified atom stereocenters. The number of carbonyl (C=O) groups excluding carboxylic acids is 2. The third kappa shape index (κ3) is 2.33. The molecule has 0 spiro atoms. The van der Waals surface area contributed by atoms with Gasteiger partial charge in [0.05, 0.1) is 5.69 Å². The van der Waals surface area contributed by atoms with Crippen molar-refractivity contribution < 1.29 is 18.4 Å². The molecule has 4 nitrogen and oxygen atoms in total. The van der Waals surface area contributed by atoms with Gasteiger partial charge in [0.2, 0.25) is 5.91 Å². The van der Waals surface area contributed by atoms with E-state index in [1.165, 1.54) is 0 Å². The van der Waals surface area contributed by atoms with E-state index in [4.69, 9.17) is 0 Å². The van der Waals surface area contributed by atoms with Crippen molar-refractivity contribution in [1.29, 1.82) is 0 Å². The van der Waals surface area contributed by atoms with Gasteiger partial charge in [-0.3, -0.25) is 14.5 Å². The first-order valence-electron chi connectivity index (χ1n) is 6.60. The molecule has 2 amide bonds. The number of amides is 2. The Balaban J connectivity index is 2.05. The lowest BCUT2D eigenvalue weighted by Gasteiger charge is -2.40. The summed E-state index contributed by atoms with van der Waals surface area (Å²) in [4.78, 5) is 25.7. The normalized spacial score (nSPS) is 26.0. The van der Waals surface area contributed by atoms with Crippen molar-refractivity contribution in [2.45, 2.75) is 25.3 Å². The summed E-state index contributed by atoms with van der Waals surface area (Å²) in [6.45, 7) is 1.38. The number of halogens is 3. The number of carbonyl (C=O) groups is 2. The van der Waals surface area contributed by atoms with Gasteiger partial charge in [-0.25, -0.2) is 8.78 Å². The quantitative estimate of drug-likeness (QED) is 0.882. The maximum absolute atomic E-state index is 14.1. The van der Waals surface area contributed by atoms with Gasteiger partial charge in [0.1, 0.15) is 17.9 Å². The average molecular weight is 359 g/mol. The first kappa shape index (κ1) is 14.4. The summed E-state index contributed by atoms with van der Waals surface area (Å²) in [6, 6.07) is 1.78. The standard InChI is InChI=1S/C14H13BrF2N2O2/c1-14(7-2-3-7)13(21)19(6-11(20)18-14)12-9(15)4-8(16)5-10(12)17/h4-5,7H,2-3,6H2,1H3,(H,18,20). The Kier molecular flexibility index (Phi) is 3.27. The lowest BCUT2D eigenvalue weighted by molar-refractivity contribution is -0.136. The number of nitrogens with one attached hydrogen (secondary N) is 1. The van der Waals surface area contributed by atoms with Gasteiger partial charge in [0.15, 0.2) is 5.82 Å². The Labute approximate surface area is 128 Å². The molecule has 1 aliphatic heterocycles. The van der Waals surface area contributed by atoms with Crippen LogP contribution in [0.25, 0.3) is 0 Å². The van der Waals surface area contributed by atoms with Crippen LogP contribution in [0.15, 0.2) is 16.6 Å². The van der Waals surface area contributed by atoms with Crippen molar-refractivity contribution in [3.05, 3.63) is 28.2 Å². The van der Waals surface area contributed by atoms with Gasteiger partial charge < -0.3 is 5.32 Å². The van der Waals surface area contributed by atoms with Crippen LogP contribution in [0.5, 0.6) is 0 Å². The van der Waals surface area contributed by atoms with Crippen LogP contribution in [0.1, 0.15) is 19.8 Å². The highest BCUT2D eigenvalue weighted by atomic mass is 79.9. The highest BCUT2D eigenvalue weighted by Gasteiger charge is 2.53. The number of hydrogen-bond donors (Lipinski definition) is 1. The summed E-state index contributed by atoms with van der Waals surface area (Å²) in [7, 11) is 0. The summed E-state index contributed by atoms with van der Waals surface area (Å²) in [5.41, 5.74) is -1.11. The zero-order valence-corrected chi connectivity index (χ0v) is 12.8. The van der Waals surface area contributed by atoms with Crippen LogP contribution in [0.4, 0.5) is 14.5 Å². The summed E-state index contributed by atoms with van der Waals surface area (Å²) >= 11 is 3.07. The van der Waals surface area contributed by atoms with Gasteiger partial charge in [0.25, 0.3) is 5.91 Å². The lowest BCUT2D eigenvalue weighted by atomic mass is 9.91. The van der Waals surface area contributed by atoms with E-state index in [1.807, 2.05) is 0 Å². The van der Waals surface area contributed by atoms with Gasteiger partial charge in [0, 0.05) is 10.5 Å². The highest BCUT2D eigenvalue weighted by molar-refractivity contribution is 9.10. The molecule has 3 rings (SSSR count). The predicted molar refractivity (Wildman–Crippen MR) is 75.7 cm³/mol. The van der Waals surface area contributed by atoms with Crippen molar-refractivity contribution >= 4 is 33.4 Å². The van der Waals surface area contributed by atoms with Crippen LogP contribution >= 0.6 is 15.9 Å². The van der Waals surface area contributed by atoms with Crippen LogP contribution in [0.3, 0.4) is 0 Å². The van der Waals surface area contributed by atoms with Crippen molar-refractivity contribution in [2.75, 3.05) is 11.4 Å². The lowest BCUT2D eigenvalue weighted by Crippen LogP contribution is -2.66. The molecule has 7 heteroatoms. The fourth-order valence-corrected chi connectivity index (χ4v) is 3.41. The van der Waals surface area contributed by atoms with Crippen molar-refractivity contribution in [2.24, 2.45) is 5.92 Å². The monoisotopic (exact) mass is 358 g/mol. The first-order valence-corrected chi connectivity index (χ1v) is 7.40. The minimum atomic E-state index is -1.02. The highest BCUT2D eigenvalue weighted by Crippen LogP contribution is 2.43. The van der Waals surface area contributed by atoms with Gasteiger partial charge in [-0.15, -0.1) is 0 Å². The predicted octanol–water partition coefficient (Wildman–Crippen LogP) is 2.36. The van der Waals surface area contributed by atoms with Crippen molar-refractivity contribution in [3.8, 4) is 0 Å². The van der Waals surface area contributed by atoms with Crippen LogP contribution in [0.2, 0.25) is 0 Å². The molecule has 1 N–H and O–H groups in total. The molecule has 2 aliphatic rings. The van der Waals surface area contributed by atoms with E-state index < -0.39 is 17.2 Å². The van der Waals surface area contributed by atoms with E-state index in [2.05, 4.69) is 21.2 Å². The zero-order chi connectivity index (χ0) is 15.4. The average Bonchev–Trinajstić information content (AvgIpc) is 3.18. The topological polar surface area (TPSA) is 49.4 Å². The Morgan fingerprint density at radius 2 is 2.00 bits per heavy atom. The number of anilines is 1. The Bertz CT molecular complexity index is 625. The number of nitrogens with zero attached hydrogens (tertiary/aromatic N) is 1. The van der Waals surface area contributed by atoms with Crippen LogP contribution in [-0.4, -0.2) is 23.9 Å². The minimum Gasteiger partial charge on any atom is -0.340 e. The SMILES string of the molecule is CC1(C2CC2)NC(=O)CN(c2c(F)cc(F)cc2Br)C1=O. The van der Waals surface area contributed by atoms with E-state index in [0.29, 0.717) is 6.07 Å². The molecule has 1 saturated carbocycles. The Morgan fingerprint density at radius 3 is 2.57 bits per heavy atom. The summed E-state index contributed by atoms with van der Waals surface area (Å²) < 4.78 is 27.4. The number of benzene rings is 1. The largest absolute Gasteiger partial charge is 0.340 e. The third-order valence-electron chi connectivity index (χ3n) is 4.04. The smallest absolute Gasteiger partial charge is 0.253 e. The van der Waals surface area contributed by atoms with Gasteiger partial charge in [-0.1, -0.05) is 0 Å². The van der Waals surface area contributed by atoms with E-state index in [0.717, 1.165) is 23.8 Å². The van der Waals surface area contributed by atoms with E-state index in [-0.39, 0.29) is 34.4 Å². The second-order valence-corrected chi connectivity index (χ2v) is 6.49. The van der Waals surface area contributed by atoms with Gasteiger partial charge in [-0.05, 0) is 47.7 Å². The van der Waals surface area contributed by atoms with Crippen molar-refractivity contribution in [3.63, 3.8) is 0 Å². The summed E-state index contributed by atoms with van der Waals surface area (Å²) in [5, 5.41) is 2.71. The second-order valence-electron chi connectivity index (χ2n) is 5.63. The molecule has 1 heterocycles. The molecule has 1 aromatic carbocycles. The summed E-state index contributed by atoms with van der Waals surface area (Å²) in [5.74, 6) is -2.26.